The molecular formula is C13H12N4O3. The van der Waals surface area contributed by atoms with E-state index in [-0.39, 0.29) is 11.5 Å². The lowest BCUT2D eigenvalue weighted by molar-refractivity contribution is -0.385. The first-order chi connectivity index (χ1) is 9.47. The number of nitro groups is 1. The van der Waals surface area contributed by atoms with Gasteiger partial charge < -0.3 is 10.5 Å². The number of hydrogen-bond donors (Lipinski definition) is 2. The number of amidine groups is 1. The maximum Gasteiger partial charge on any atom is 0.272 e. The van der Waals surface area contributed by atoms with Gasteiger partial charge in [-0.3, -0.25) is 15.5 Å². The topological polar surface area (TPSA) is 115 Å². The number of ether oxygens (including phenoxy) is 1. The number of aromatic nitrogens is 1. The predicted molar refractivity (Wildman–Crippen MR) is 73.2 cm³/mol. The van der Waals surface area contributed by atoms with Crippen molar-refractivity contribution in [1.29, 1.82) is 5.41 Å². The summed E-state index contributed by atoms with van der Waals surface area (Å²) in [6.45, 7) is 1.64. The average Bonchev–Trinajstić information content (AvgIpc) is 2.39. The number of nitrogen functional groups attached to an aromatic ring is 1. The van der Waals surface area contributed by atoms with Crippen molar-refractivity contribution in [3.05, 3.63) is 57.9 Å². The lowest BCUT2D eigenvalue weighted by Crippen LogP contribution is -2.12. The van der Waals surface area contributed by atoms with E-state index in [1.807, 2.05) is 0 Å². The minimum absolute atomic E-state index is 0.0439. The second-order valence-electron chi connectivity index (χ2n) is 4.10. The molecule has 0 fully saturated rings. The van der Waals surface area contributed by atoms with Crippen molar-refractivity contribution in [1.82, 2.24) is 4.98 Å². The fourth-order valence-electron chi connectivity index (χ4n) is 1.63. The smallest absolute Gasteiger partial charge is 0.272 e. The highest BCUT2D eigenvalue weighted by molar-refractivity contribution is 5.92. The second-order valence-corrected chi connectivity index (χ2v) is 4.10. The highest BCUT2D eigenvalue weighted by atomic mass is 16.6. The zero-order valence-corrected chi connectivity index (χ0v) is 10.7. The van der Waals surface area contributed by atoms with Crippen molar-refractivity contribution in [3.63, 3.8) is 0 Å². The number of benzene rings is 1. The highest BCUT2D eigenvalue weighted by Crippen LogP contribution is 2.26. The normalized spacial score (nSPS) is 10.1. The first-order valence-corrected chi connectivity index (χ1v) is 5.70. The highest BCUT2D eigenvalue weighted by Gasteiger charge is 2.11. The molecule has 0 amide bonds. The van der Waals surface area contributed by atoms with E-state index in [9.17, 15) is 10.1 Å². The third-order valence-corrected chi connectivity index (χ3v) is 2.61. The van der Waals surface area contributed by atoms with Crippen LogP contribution in [0.4, 0.5) is 5.69 Å². The standard InChI is InChI=1S/C13H12N4O3/c1-8-6-9(3-5-12(8)17(18)19)20-10-2-4-11(13(14)15)16-7-10/h2-7H,1H3,(H3,14,15). The largest absolute Gasteiger partial charge is 0.456 e. The molecule has 0 bridgehead atoms. The molecule has 0 saturated carbocycles. The van der Waals surface area contributed by atoms with Crippen LogP contribution < -0.4 is 10.5 Å². The molecule has 0 atom stereocenters. The third-order valence-electron chi connectivity index (χ3n) is 2.61. The third kappa shape index (κ3) is 2.89. The molecule has 0 aliphatic heterocycles. The van der Waals surface area contributed by atoms with Crippen LogP contribution in [0.15, 0.2) is 36.5 Å². The summed E-state index contributed by atoms with van der Waals surface area (Å²) in [5.41, 5.74) is 6.21. The van der Waals surface area contributed by atoms with Crippen LogP contribution in [0.2, 0.25) is 0 Å². The van der Waals surface area contributed by atoms with E-state index in [0.29, 0.717) is 22.8 Å². The number of pyridine rings is 1. The minimum atomic E-state index is -0.442. The maximum absolute atomic E-state index is 10.7. The van der Waals surface area contributed by atoms with Gasteiger partial charge in [-0.15, -0.1) is 0 Å². The first kappa shape index (κ1) is 13.5. The Morgan fingerprint density at radius 3 is 2.55 bits per heavy atom. The zero-order valence-electron chi connectivity index (χ0n) is 10.7. The molecule has 7 nitrogen and oxygen atoms in total. The van der Waals surface area contributed by atoms with Crippen LogP contribution in [0.5, 0.6) is 11.5 Å². The summed E-state index contributed by atoms with van der Waals surface area (Å²) in [6, 6.07) is 7.68. The molecule has 0 aliphatic rings. The average molecular weight is 272 g/mol. The Balaban J connectivity index is 2.19. The Morgan fingerprint density at radius 2 is 2.05 bits per heavy atom. The van der Waals surface area contributed by atoms with Gasteiger partial charge in [-0.25, -0.2) is 4.98 Å². The van der Waals surface area contributed by atoms with E-state index < -0.39 is 4.92 Å². The van der Waals surface area contributed by atoms with Crippen molar-refractivity contribution < 1.29 is 9.66 Å². The van der Waals surface area contributed by atoms with E-state index >= 15 is 0 Å². The molecule has 0 spiro atoms. The summed E-state index contributed by atoms with van der Waals surface area (Å²) in [6.07, 6.45) is 1.44. The second kappa shape index (κ2) is 5.35. The van der Waals surface area contributed by atoms with Crippen LogP contribution in [0, 0.1) is 22.4 Å². The van der Waals surface area contributed by atoms with Crippen molar-refractivity contribution in [2.45, 2.75) is 6.92 Å². The van der Waals surface area contributed by atoms with Gasteiger partial charge in [0.1, 0.15) is 23.0 Å². The van der Waals surface area contributed by atoms with Crippen molar-refractivity contribution in [2.75, 3.05) is 0 Å². The van der Waals surface area contributed by atoms with E-state index in [4.69, 9.17) is 15.9 Å². The first-order valence-electron chi connectivity index (χ1n) is 5.70. The van der Waals surface area contributed by atoms with Crippen LogP contribution in [-0.4, -0.2) is 15.7 Å². The van der Waals surface area contributed by atoms with E-state index in [0.717, 1.165) is 0 Å². The molecule has 7 heteroatoms. The summed E-state index contributed by atoms with van der Waals surface area (Å²) in [4.78, 5) is 14.2. The van der Waals surface area contributed by atoms with Crippen molar-refractivity contribution >= 4 is 11.5 Å². The van der Waals surface area contributed by atoms with Crippen molar-refractivity contribution in [3.8, 4) is 11.5 Å². The Labute approximate surface area is 114 Å². The van der Waals surface area contributed by atoms with Crippen LogP contribution in [0.3, 0.4) is 0 Å². The molecule has 2 rings (SSSR count). The molecule has 2 aromatic rings. The van der Waals surface area contributed by atoms with Gasteiger partial charge in [-0.2, -0.15) is 0 Å². The number of rotatable bonds is 4. The van der Waals surface area contributed by atoms with Gasteiger partial charge in [0.15, 0.2) is 0 Å². The van der Waals surface area contributed by atoms with Crippen LogP contribution in [-0.2, 0) is 0 Å². The summed E-state index contributed by atoms with van der Waals surface area (Å²) < 4.78 is 5.53. The summed E-state index contributed by atoms with van der Waals surface area (Å²) in [7, 11) is 0. The number of nitro benzene ring substituents is 1. The molecule has 0 aliphatic carbocycles. The lowest BCUT2D eigenvalue weighted by Gasteiger charge is -2.07. The molecule has 1 aromatic carbocycles. The molecule has 0 saturated heterocycles. The molecule has 0 unspecified atom stereocenters. The Kier molecular flexibility index (Phi) is 3.60. The van der Waals surface area contributed by atoms with Gasteiger partial charge in [-0.1, -0.05) is 0 Å². The fraction of sp³-hybridized carbons (Fsp3) is 0.0769. The summed E-state index contributed by atoms with van der Waals surface area (Å²) in [5, 5.41) is 17.9. The number of nitrogens with one attached hydrogen (secondary N) is 1. The van der Waals surface area contributed by atoms with Gasteiger partial charge in [0.25, 0.3) is 5.69 Å². The Bertz CT molecular complexity index is 668. The lowest BCUT2D eigenvalue weighted by atomic mass is 10.2. The molecule has 1 aromatic heterocycles. The molecule has 20 heavy (non-hydrogen) atoms. The van der Waals surface area contributed by atoms with E-state index in [2.05, 4.69) is 4.98 Å². The minimum Gasteiger partial charge on any atom is -0.456 e. The molecule has 0 radical (unpaired) electrons. The molecule has 3 N–H and O–H groups in total. The SMILES string of the molecule is Cc1cc(Oc2ccc(C(=N)N)nc2)ccc1[N+](=O)[O-]. The molecule has 1 heterocycles. The molecular weight excluding hydrogens is 260 g/mol. The number of nitrogens with zero attached hydrogens (tertiary/aromatic N) is 2. The fourth-order valence-corrected chi connectivity index (χ4v) is 1.63. The van der Waals surface area contributed by atoms with Gasteiger partial charge in [-0.05, 0) is 31.2 Å². The zero-order chi connectivity index (χ0) is 14.7. The molecule has 102 valence electrons. The van der Waals surface area contributed by atoms with E-state index in [1.54, 1.807) is 25.1 Å². The Hall–Kier alpha value is -2.96. The van der Waals surface area contributed by atoms with Crippen LogP contribution in [0.25, 0.3) is 0 Å². The summed E-state index contributed by atoms with van der Waals surface area (Å²) in [5.74, 6) is 0.816. The number of aryl methyl sites for hydroxylation is 1. The quantitative estimate of drug-likeness (QED) is 0.383. The van der Waals surface area contributed by atoms with Gasteiger partial charge in [0, 0.05) is 11.6 Å². The number of hydrogen-bond acceptors (Lipinski definition) is 5. The van der Waals surface area contributed by atoms with Crippen LogP contribution >= 0.6 is 0 Å². The van der Waals surface area contributed by atoms with Gasteiger partial charge in [0.05, 0.1) is 11.1 Å². The predicted octanol–water partition coefficient (Wildman–Crippen LogP) is 2.37. The monoisotopic (exact) mass is 272 g/mol. The van der Waals surface area contributed by atoms with E-state index in [1.165, 1.54) is 18.3 Å². The number of nitrogens with two attached hydrogens (primary N) is 1. The van der Waals surface area contributed by atoms with Crippen molar-refractivity contribution in [2.24, 2.45) is 5.73 Å². The summed E-state index contributed by atoms with van der Waals surface area (Å²) >= 11 is 0. The van der Waals surface area contributed by atoms with Gasteiger partial charge in [0.2, 0.25) is 0 Å². The van der Waals surface area contributed by atoms with Crippen LogP contribution in [0.1, 0.15) is 11.3 Å². The Morgan fingerprint density at radius 1 is 1.35 bits per heavy atom. The van der Waals surface area contributed by atoms with Gasteiger partial charge >= 0.3 is 0 Å². The maximum atomic E-state index is 10.7.